The lowest BCUT2D eigenvalue weighted by Crippen LogP contribution is -2.40. The van der Waals surface area contributed by atoms with Crippen LogP contribution in [0.5, 0.6) is 0 Å². The Labute approximate surface area is 204 Å². The van der Waals surface area contributed by atoms with Gasteiger partial charge in [-0.05, 0) is 29.8 Å². The topological polar surface area (TPSA) is 120 Å². The molecule has 0 aliphatic carbocycles. The number of nitrogens with two attached hydrogens (primary N) is 1. The highest BCUT2D eigenvalue weighted by Crippen LogP contribution is 2.28. The molecule has 0 spiro atoms. The fraction of sp³-hybridized carbons (Fsp3) is 0.200. The van der Waals surface area contributed by atoms with Crippen molar-refractivity contribution >= 4 is 33.5 Å². The van der Waals surface area contributed by atoms with Crippen molar-refractivity contribution in [2.75, 3.05) is 32.6 Å². The molecule has 1 aliphatic rings. The van der Waals surface area contributed by atoms with Crippen molar-refractivity contribution < 1.29 is 18.5 Å². The molecule has 178 valence electrons. The minimum atomic E-state index is -1.24. The van der Waals surface area contributed by atoms with Crippen molar-refractivity contribution in [2.24, 2.45) is 5.73 Å². The summed E-state index contributed by atoms with van der Waals surface area (Å²) in [7, 11) is -1.24. The van der Waals surface area contributed by atoms with Crippen LogP contribution in [0.4, 0.5) is 0 Å². The van der Waals surface area contributed by atoms with E-state index in [-0.39, 0.29) is 5.91 Å². The van der Waals surface area contributed by atoms with Gasteiger partial charge in [0.2, 0.25) is 11.9 Å². The van der Waals surface area contributed by atoms with Gasteiger partial charge in [-0.3, -0.25) is 18.4 Å². The highest BCUT2D eigenvalue weighted by molar-refractivity contribution is 7.84. The zero-order valence-electron chi connectivity index (χ0n) is 19.0. The van der Waals surface area contributed by atoms with Crippen molar-refractivity contribution in [2.45, 2.75) is 4.90 Å². The molecule has 2 aromatic carbocycles. The Hall–Kier alpha value is -3.89. The van der Waals surface area contributed by atoms with Crippen LogP contribution in [-0.4, -0.2) is 68.0 Å². The van der Waals surface area contributed by atoms with Crippen LogP contribution in [0.25, 0.3) is 28.0 Å². The van der Waals surface area contributed by atoms with E-state index in [0.29, 0.717) is 53.8 Å². The van der Waals surface area contributed by atoms with Crippen molar-refractivity contribution in [1.29, 1.82) is 0 Å². The molecule has 1 fully saturated rings. The van der Waals surface area contributed by atoms with E-state index < -0.39 is 16.7 Å². The van der Waals surface area contributed by atoms with Crippen LogP contribution in [-0.2, 0) is 15.5 Å². The van der Waals surface area contributed by atoms with Crippen LogP contribution >= 0.6 is 0 Å². The number of carbonyl (C=O) groups excluding carboxylic acids is 2. The average molecular weight is 490 g/mol. The lowest BCUT2D eigenvalue weighted by Gasteiger charge is -2.26. The third-order valence-electron chi connectivity index (χ3n) is 5.98. The number of ether oxygens (including phenoxy) is 1. The van der Waals surface area contributed by atoms with E-state index in [0.717, 1.165) is 16.5 Å². The van der Waals surface area contributed by atoms with Gasteiger partial charge in [0.15, 0.2) is 0 Å². The van der Waals surface area contributed by atoms with E-state index >= 15 is 0 Å². The number of hydrogen-bond donors (Lipinski definition) is 1. The lowest BCUT2D eigenvalue weighted by atomic mass is 10.1. The number of fused-ring (bicyclic) bond motifs is 1. The summed E-state index contributed by atoms with van der Waals surface area (Å²) < 4.78 is 19.5. The summed E-state index contributed by atoms with van der Waals surface area (Å²) in [6.45, 7) is 2.14. The molecule has 0 saturated carbocycles. The molecule has 3 heterocycles. The van der Waals surface area contributed by atoms with E-state index in [1.165, 1.54) is 0 Å². The molecule has 1 aliphatic heterocycles. The normalized spacial score (nSPS) is 14.7. The van der Waals surface area contributed by atoms with Crippen molar-refractivity contribution in [3.8, 4) is 17.1 Å². The summed E-state index contributed by atoms with van der Waals surface area (Å²) in [5.41, 5.74) is 8.58. The zero-order chi connectivity index (χ0) is 24.5. The van der Waals surface area contributed by atoms with Crippen LogP contribution < -0.4 is 5.73 Å². The first kappa shape index (κ1) is 22.9. The molecule has 9 nitrogen and oxygen atoms in total. The van der Waals surface area contributed by atoms with Gasteiger partial charge < -0.3 is 15.4 Å². The summed E-state index contributed by atoms with van der Waals surface area (Å²) in [4.78, 5) is 35.8. The van der Waals surface area contributed by atoms with E-state index in [2.05, 4.69) is 9.97 Å². The second-order valence-electron chi connectivity index (χ2n) is 8.17. The van der Waals surface area contributed by atoms with Crippen LogP contribution in [0.3, 0.4) is 0 Å². The minimum absolute atomic E-state index is 0.0715. The summed E-state index contributed by atoms with van der Waals surface area (Å²) in [5, 5.41) is 0.777. The number of amides is 2. The zero-order valence-corrected chi connectivity index (χ0v) is 19.8. The third kappa shape index (κ3) is 4.45. The molecule has 2 N–H and O–H groups in total. The van der Waals surface area contributed by atoms with Gasteiger partial charge in [0.05, 0.1) is 34.4 Å². The highest BCUT2D eigenvalue weighted by atomic mass is 32.2. The maximum atomic E-state index is 13.0. The summed E-state index contributed by atoms with van der Waals surface area (Å²) in [5.74, 6) is -0.170. The van der Waals surface area contributed by atoms with Gasteiger partial charge in [0, 0.05) is 60.0 Å². The first-order valence-corrected chi connectivity index (χ1v) is 12.6. The van der Waals surface area contributed by atoms with Gasteiger partial charge in [-0.1, -0.05) is 18.2 Å². The van der Waals surface area contributed by atoms with Crippen LogP contribution in [0, 0.1) is 0 Å². The third-order valence-corrected chi connectivity index (χ3v) is 6.93. The Kier molecular flexibility index (Phi) is 6.14. The molecule has 1 atom stereocenters. The standard InChI is InChI=1S/C25H23N5O4S/c1-35(33)22-15-30(21-12-18(6-7-20(21)22)24(32)29-8-10-34-11-9-29)25-27-13-19(14-28-25)16-2-4-17(5-3-16)23(26)31/h2-7,12-15H,8-11H2,1H3,(H2,26,31). The quantitative estimate of drug-likeness (QED) is 0.460. The molecular formula is C25H23N5O4S. The predicted octanol–water partition coefficient (Wildman–Crippen LogP) is 2.40. The van der Waals surface area contributed by atoms with Gasteiger partial charge in [-0.2, -0.15) is 0 Å². The van der Waals surface area contributed by atoms with Gasteiger partial charge >= 0.3 is 0 Å². The van der Waals surface area contributed by atoms with Crippen molar-refractivity contribution in [1.82, 2.24) is 19.4 Å². The van der Waals surface area contributed by atoms with Crippen molar-refractivity contribution in [3.63, 3.8) is 0 Å². The van der Waals surface area contributed by atoms with Gasteiger partial charge in [0.25, 0.3) is 5.91 Å². The van der Waals surface area contributed by atoms with E-state index in [4.69, 9.17) is 10.5 Å². The second-order valence-corrected chi connectivity index (χ2v) is 9.52. The SMILES string of the molecule is CS(=O)c1cn(-c2ncc(-c3ccc(C(N)=O)cc3)cn2)c2cc(C(=O)N3CCOCC3)ccc12. The lowest BCUT2D eigenvalue weighted by molar-refractivity contribution is 0.0303. The molecule has 2 amide bonds. The molecule has 10 heteroatoms. The van der Waals surface area contributed by atoms with Gasteiger partial charge in [-0.25, -0.2) is 9.97 Å². The van der Waals surface area contributed by atoms with E-state index in [1.54, 1.807) is 70.7 Å². The smallest absolute Gasteiger partial charge is 0.254 e. The maximum absolute atomic E-state index is 13.0. The molecule has 1 saturated heterocycles. The van der Waals surface area contributed by atoms with E-state index in [9.17, 15) is 13.8 Å². The van der Waals surface area contributed by atoms with Crippen LogP contribution in [0.15, 0.2) is 66.0 Å². The molecule has 1 unspecified atom stereocenters. The molecule has 35 heavy (non-hydrogen) atoms. The number of nitrogens with zero attached hydrogens (tertiary/aromatic N) is 4. The van der Waals surface area contributed by atoms with Gasteiger partial charge in [-0.15, -0.1) is 0 Å². The molecule has 2 aromatic heterocycles. The molecule has 4 aromatic rings. The largest absolute Gasteiger partial charge is 0.378 e. The van der Waals surface area contributed by atoms with E-state index in [1.807, 2.05) is 6.07 Å². The first-order valence-electron chi connectivity index (χ1n) is 11.0. The summed E-state index contributed by atoms with van der Waals surface area (Å²) in [6.07, 6.45) is 6.73. The fourth-order valence-electron chi connectivity index (χ4n) is 4.09. The first-order chi connectivity index (χ1) is 16.9. The number of hydrogen-bond acceptors (Lipinski definition) is 6. The maximum Gasteiger partial charge on any atom is 0.254 e. The average Bonchev–Trinajstić information content (AvgIpc) is 3.28. The Morgan fingerprint density at radius 3 is 2.26 bits per heavy atom. The summed E-state index contributed by atoms with van der Waals surface area (Å²) >= 11 is 0. The van der Waals surface area contributed by atoms with Gasteiger partial charge in [0.1, 0.15) is 0 Å². The second kappa shape index (κ2) is 9.40. The summed E-state index contributed by atoms with van der Waals surface area (Å²) in [6, 6.07) is 12.3. The number of rotatable bonds is 5. The Morgan fingerprint density at radius 1 is 0.971 bits per heavy atom. The number of aromatic nitrogens is 3. The van der Waals surface area contributed by atoms with Crippen molar-refractivity contribution in [3.05, 3.63) is 72.2 Å². The monoisotopic (exact) mass is 489 g/mol. The molecule has 0 radical (unpaired) electrons. The number of benzene rings is 2. The number of carbonyl (C=O) groups is 2. The molecule has 5 rings (SSSR count). The van der Waals surface area contributed by atoms with Crippen LogP contribution in [0.1, 0.15) is 20.7 Å². The Morgan fingerprint density at radius 2 is 1.63 bits per heavy atom. The molecule has 0 bridgehead atoms. The highest BCUT2D eigenvalue weighted by Gasteiger charge is 2.21. The number of morpholine rings is 1. The molecular weight excluding hydrogens is 466 g/mol. The number of primary amides is 1. The predicted molar refractivity (Wildman–Crippen MR) is 132 cm³/mol. The minimum Gasteiger partial charge on any atom is -0.378 e. The fourth-order valence-corrected chi connectivity index (χ4v) is 4.83. The Bertz CT molecular complexity index is 1440. The van der Waals surface area contributed by atoms with Crippen LogP contribution in [0.2, 0.25) is 0 Å². The Balaban J connectivity index is 1.52.